The predicted molar refractivity (Wildman–Crippen MR) is 65.8 cm³/mol. The zero-order chi connectivity index (χ0) is 13.3. The van der Waals surface area contributed by atoms with Crippen LogP contribution in [0, 0.1) is 5.41 Å². The molecule has 0 amide bonds. The van der Waals surface area contributed by atoms with Crippen LogP contribution in [0.2, 0.25) is 0 Å². The van der Waals surface area contributed by atoms with Crippen LogP contribution in [0.3, 0.4) is 0 Å². The maximum absolute atomic E-state index is 11.5. The molecular weight excluding hydrogens is 222 g/mol. The lowest BCUT2D eigenvalue weighted by Crippen LogP contribution is -2.37. The van der Waals surface area contributed by atoms with Crippen molar-refractivity contribution < 1.29 is 14.3 Å². The summed E-state index contributed by atoms with van der Waals surface area (Å²) in [7, 11) is 0. The van der Waals surface area contributed by atoms with Gasteiger partial charge >= 0.3 is 5.97 Å². The molecule has 0 saturated carbocycles. The molecular formula is C11H23N3O3. The first-order valence-electron chi connectivity index (χ1n) is 5.66. The van der Waals surface area contributed by atoms with Crippen LogP contribution in [0.15, 0.2) is 0 Å². The molecule has 0 radical (unpaired) electrons. The Labute approximate surface area is 102 Å². The number of carbonyl (C=O) groups is 1. The Kier molecular flexibility index (Phi) is 7.49. The normalized spacial score (nSPS) is 12.9. The first-order chi connectivity index (χ1) is 7.87. The van der Waals surface area contributed by atoms with Crippen LogP contribution in [0.1, 0.15) is 33.6 Å². The van der Waals surface area contributed by atoms with Crippen molar-refractivity contribution in [3.05, 3.63) is 0 Å². The van der Waals surface area contributed by atoms with Crippen molar-refractivity contribution in [3.63, 3.8) is 0 Å². The van der Waals surface area contributed by atoms with Crippen LogP contribution in [-0.4, -0.2) is 37.3 Å². The van der Waals surface area contributed by atoms with Crippen LogP contribution >= 0.6 is 0 Å². The van der Waals surface area contributed by atoms with Crippen molar-refractivity contribution in [2.24, 2.45) is 5.73 Å². The topological polar surface area (TPSA) is 97.4 Å². The fourth-order valence-corrected chi connectivity index (χ4v) is 1.12. The lowest BCUT2D eigenvalue weighted by Gasteiger charge is -2.22. The maximum Gasteiger partial charge on any atom is 0.323 e. The van der Waals surface area contributed by atoms with E-state index >= 15 is 0 Å². The third kappa shape index (κ3) is 9.77. The second-order valence-electron chi connectivity index (χ2n) is 4.71. The maximum atomic E-state index is 11.5. The molecule has 0 aromatic heterocycles. The number of hydrogen-bond acceptors (Lipinski definition) is 6. The number of esters is 1. The van der Waals surface area contributed by atoms with Crippen molar-refractivity contribution in [2.45, 2.75) is 45.3 Å². The molecule has 0 aliphatic heterocycles. The summed E-state index contributed by atoms with van der Waals surface area (Å²) in [6, 6.07) is -0.584. The van der Waals surface area contributed by atoms with Crippen molar-refractivity contribution in [2.75, 3.05) is 13.3 Å². The van der Waals surface area contributed by atoms with Gasteiger partial charge in [-0.3, -0.25) is 15.5 Å². The second-order valence-corrected chi connectivity index (χ2v) is 4.71. The highest BCUT2D eigenvalue weighted by Gasteiger charge is 2.21. The van der Waals surface area contributed by atoms with E-state index in [2.05, 4.69) is 10.1 Å². The number of hydrogen-bond donors (Lipinski definition) is 3. The molecule has 0 aliphatic carbocycles. The Hall–Kier alpha value is -1.14. The monoisotopic (exact) mass is 245 g/mol. The van der Waals surface area contributed by atoms with E-state index in [1.165, 1.54) is 0 Å². The summed E-state index contributed by atoms with van der Waals surface area (Å²) in [6.45, 7) is 6.42. The van der Waals surface area contributed by atoms with Gasteiger partial charge in [-0.05, 0) is 40.2 Å². The summed E-state index contributed by atoms with van der Waals surface area (Å²) in [5.74, 6) is -0.367. The molecule has 0 unspecified atom stereocenters. The molecule has 0 rings (SSSR count). The summed E-state index contributed by atoms with van der Waals surface area (Å²) < 4.78 is 9.82. The van der Waals surface area contributed by atoms with E-state index in [1.807, 2.05) is 20.8 Å². The molecule has 6 heteroatoms. The molecule has 0 aliphatic rings. The van der Waals surface area contributed by atoms with E-state index in [-0.39, 0.29) is 5.97 Å². The van der Waals surface area contributed by atoms with Gasteiger partial charge in [-0.2, -0.15) is 0 Å². The van der Waals surface area contributed by atoms with Crippen LogP contribution < -0.4 is 11.1 Å². The van der Waals surface area contributed by atoms with Crippen molar-refractivity contribution in [1.82, 2.24) is 5.32 Å². The average Bonchev–Trinajstić information content (AvgIpc) is 2.20. The van der Waals surface area contributed by atoms with E-state index in [0.717, 1.165) is 12.8 Å². The fraction of sp³-hybridized carbons (Fsp3) is 0.818. The molecule has 4 N–H and O–H groups in total. The Morgan fingerprint density at radius 1 is 1.53 bits per heavy atom. The van der Waals surface area contributed by atoms with Gasteiger partial charge in [0.1, 0.15) is 18.4 Å². The van der Waals surface area contributed by atoms with E-state index in [0.29, 0.717) is 19.7 Å². The van der Waals surface area contributed by atoms with E-state index in [1.54, 1.807) is 0 Å². The van der Waals surface area contributed by atoms with Gasteiger partial charge in [-0.15, -0.1) is 0 Å². The number of ether oxygens (including phenoxy) is 2. The predicted octanol–water partition coefficient (Wildman–Crippen LogP) is 0.606. The van der Waals surface area contributed by atoms with Gasteiger partial charge in [0.25, 0.3) is 0 Å². The molecule has 17 heavy (non-hydrogen) atoms. The highest BCUT2D eigenvalue weighted by atomic mass is 16.6. The average molecular weight is 245 g/mol. The number of nitrogens with two attached hydrogens (primary N) is 1. The van der Waals surface area contributed by atoms with Gasteiger partial charge in [0.15, 0.2) is 6.40 Å². The summed E-state index contributed by atoms with van der Waals surface area (Å²) in [4.78, 5) is 11.5. The van der Waals surface area contributed by atoms with Gasteiger partial charge < -0.3 is 15.2 Å². The zero-order valence-corrected chi connectivity index (χ0v) is 10.8. The molecule has 1 atom stereocenters. The summed E-state index contributed by atoms with van der Waals surface area (Å²) in [5.41, 5.74) is 5.20. The highest BCUT2D eigenvalue weighted by molar-refractivity contribution is 5.75. The third-order valence-corrected chi connectivity index (χ3v) is 1.85. The lowest BCUT2D eigenvalue weighted by molar-refractivity contribution is -0.156. The molecule has 0 aromatic carbocycles. The number of nitrogens with one attached hydrogen (secondary N) is 2. The number of carbonyl (C=O) groups excluding carboxylic acids is 1. The van der Waals surface area contributed by atoms with Gasteiger partial charge in [-0.1, -0.05) is 0 Å². The SMILES string of the molecule is CC(C)(C)OC(=O)[C@@H](N)CCCNCOC=N. The van der Waals surface area contributed by atoms with Crippen molar-refractivity contribution in [1.29, 1.82) is 5.41 Å². The first kappa shape index (κ1) is 15.9. The van der Waals surface area contributed by atoms with E-state index in [9.17, 15) is 4.79 Å². The minimum Gasteiger partial charge on any atom is -0.469 e. The molecule has 0 aromatic rings. The van der Waals surface area contributed by atoms with E-state index in [4.69, 9.17) is 15.9 Å². The summed E-state index contributed by atoms with van der Waals surface area (Å²) in [6.07, 6.45) is 2.19. The Balaban J connectivity index is 3.61. The molecule has 100 valence electrons. The quantitative estimate of drug-likeness (QED) is 0.191. The summed E-state index contributed by atoms with van der Waals surface area (Å²) in [5, 5.41) is 9.57. The molecule has 0 saturated heterocycles. The van der Waals surface area contributed by atoms with Gasteiger partial charge in [0, 0.05) is 0 Å². The standard InChI is InChI=1S/C11H23N3O3/c1-11(2,3)17-10(15)9(13)5-4-6-14-8-16-7-12/h7,9,12,14H,4-6,8,13H2,1-3H3/t9-/m0/s1. The lowest BCUT2D eigenvalue weighted by atomic mass is 10.1. The Bertz CT molecular complexity index is 239. The van der Waals surface area contributed by atoms with Gasteiger partial charge in [0.2, 0.25) is 0 Å². The van der Waals surface area contributed by atoms with Gasteiger partial charge in [-0.25, -0.2) is 0 Å². The molecule has 0 spiro atoms. The molecule has 0 heterocycles. The number of rotatable bonds is 8. The van der Waals surface area contributed by atoms with Crippen molar-refractivity contribution in [3.8, 4) is 0 Å². The van der Waals surface area contributed by atoms with Gasteiger partial charge in [0.05, 0.1) is 0 Å². The first-order valence-corrected chi connectivity index (χ1v) is 5.66. The van der Waals surface area contributed by atoms with Crippen LogP contribution in [0.5, 0.6) is 0 Å². The smallest absolute Gasteiger partial charge is 0.323 e. The fourth-order valence-electron chi connectivity index (χ4n) is 1.12. The van der Waals surface area contributed by atoms with Crippen LogP contribution in [0.25, 0.3) is 0 Å². The van der Waals surface area contributed by atoms with Crippen LogP contribution in [-0.2, 0) is 14.3 Å². The van der Waals surface area contributed by atoms with Crippen LogP contribution in [0.4, 0.5) is 0 Å². The molecule has 6 nitrogen and oxygen atoms in total. The summed E-state index contributed by atoms with van der Waals surface area (Å²) >= 11 is 0. The highest BCUT2D eigenvalue weighted by Crippen LogP contribution is 2.09. The Morgan fingerprint density at radius 2 is 2.18 bits per heavy atom. The molecule has 0 bridgehead atoms. The Morgan fingerprint density at radius 3 is 2.71 bits per heavy atom. The molecule has 0 fully saturated rings. The second kappa shape index (κ2) is 8.03. The minimum absolute atomic E-state index is 0.297. The largest absolute Gasteiger partial charge is 0.469 e. The van der Waals surface area contributed by atoms with E-state index < -0.39 is 11.6 Å². The minimum atomic E-state index is -0.584. The zero-order valence-electron chi connectivity index (χ0n) is 10.8. The van der Waals surface area contributed by atoms with Crippen molar-refractivity contribution >= 4 is 12.4 Å². The third-order valence-electron chi connectivity index (χ3n) is 1.85.